The summed E-state index contributed by atoms with van der Waals surface area (Å²) < 4.78 is 0. The summed E-state index contributed by atoms with van der Waals surface area (Å²) in [7, 11) is 3.72. The minimum absolute atomic E-state index is 0.00352. The Labute approximate surface area is 78.4 Å². The predicted octanol–water partition coefficient (Wildman–Crippen LogP) is 0.987. The lowest BCUT2D eigenvalue weighted by Crippen LogP contribution is -2.26. The van der Waals surface area contributed by atoms with E-state index in [9.17, 15) is 4.79 Å². The van der Waals surface area contributed by atoms with Crippen LogP contribution in [0.25, 0.3) is 0 Å². The highest BCUT2D eigenvalue weighted by atomic mass is 16.2. The number of anilines is 1. The van der Waals surface area contributed by atoms with Crippen LogP contribution in [0.1, 0.15) is 0 Å². The lowest BCUT2D eigenvalue weighted by atomic mass is 10.3. The third-order valence-electron chi connectivity index (χ3n) is 1.46. The van der Waals surface area contributed by atoms with Crippen LogP contribution < -0.4 is 5.32 Å². The molecule has 1 rings (SSSR count). The number of carbonyl (C=O) groups excluding carboxylic acids is 1. The molecule has 0 unspecified atom stereocenters. The molecule has 3 nitrogen and oxygen atoms in total. The number of nitrogens with one attached hydrogen (secondary N) is 1. The molecule has 0 bridgehead atoms. The molecule has 69 valence electrons. The summed E-state index contributed by atoms with van der Waals surface area (Å²) in [4.78, 5) is 13.1. The lowest BCUT2D eigenvalue weighted by molar-refractivity contribution is -0.116. The SMILES string of the molecule is CN(C)CC(=O)Nc1cc[c]cc1. The normalized spacial score (nSPS) is 10.1. The van der Waals surface area contributed by atoms with Crippen LogP contribution in [0.4, 0.5) is 5.69 Å². The number of rotatable bonds is 3. The van der Waals surface area contributed by atoms with Crippen molar-refractivity contribution in [3.8, 4) is 0 Å². The van der Waals surface area contributed by atoms with E-state index >= 15 is 0 Å². The van der Waals surface area contributed by atoms with Gasteiger partial charge in [0.2, 0.25) is 5.91 Å². The van der Waals surface area contributed by atoms with E-state index in [4.69, 9.17) is 0 Å². The van der Waals surface area contributed by atoms with Gasteiger partial charge in [0.25, 0.3) is 0 Å². The van der Waals surface area contributed by atoms with Crippen molar-refractivity contribution in [2.75, 3.05) is 26.0 Å². The van der Waals surface area contributed by atoms with Crippen LogP contribution in [0.3, 0.4) is 0 Å². The first-order chi connectivity index (χ1) is 6.18. The van der Waals surface area contributed by atoms with Crippen molar-refractivity contribution >= 4 is 11.6 Å². The van der Waals surface area contributed by atoms with Crippen LogP contribution >= 0.6 is 0 Å². The maximum absolute atomic E-state index is 11.3. The standard InChI is InChI=1S/C10H13N2O/c1-12(2)8-10(13)11-9-6-4-3-5-7-9/h4-7H,8H2,1-2H3,(H,11,13). The van der Waals surface area contributed by atoms with Crippen molar-refractivity contribution in [2.45, 2.75) is 0 Å². The van der Waals surface area contributed by atoms with Crippen LogP contribution in [0.5, 0.6) is 0 Å². The van der Waals surface area contributed by atoms with E-state index in [0.717, 1.165) is 5.69 Å². The molecule has 13 heavy (non-hydrogen) atoms. The molecule has 0 spiro atoms. The minimum Gasteiger partial charge on any atom is -0.325 e. The molecule has 1 aromatic rings. The molecule has 0 aromatic heterocycles. The Balaban J connectivity index is 2.46. The number of nitrogens with zero attached hydrogens (tertiary/aromatic N) is 1. The molecule has 1 aromatic carbocycles. The molecule has 0 saturated heterocycles. The smallest absolute Gasteiger partial charge is 0.238 e. The van der Waals surface area contributed by atoms with E-state index in [1.807, 2.05) is 31.1 Å². The van der Waals surface area contributed by atoms with Crippen LogP contribution in [-0.4, -0.2) is 31.4 Å². The van der Waals surface area contributed by atoms with E-state index in [2.05, 4.69) is 11.4 Å². The average Bonchev–Trinajstić information content (AvgIpc) is 2.04. The summed E-state index contributed by atoms with van der Waals surface area (Å²) in [5.41, 5.74) is 0.811. The van der Waals surface area contributed by atoms with Crippen LogP contribution in [0.15, 0.2) is 24.3 Å². The topological polar surface area (TPSA) is 32.3 Å². The fourth-order valence-corrected chi connectivity index (χ4v) is 0.958. The molecule has 1 amide bonds. The van der Waals surface area contributed by atoms with E-state index in [1.54, 1.807) is 12.1 Å². The van der Waals surface area contributed by atoms with Crippen molar-refractivity contribution < 1.29 is 4.79 Å². The van der Waals surface area contributed by atoms with Crippen molar-refractivity contribution in [1.82, 2.24) is 4.90 Å². The quantitative estimate of drug-likeness (QED) is 0.746. The van der Waals surface area contributed by atoms with Gasteiger partial charge < -0.3 is 10.2 Å². The van der Waals surface area contributed by atoms with Gasteiger partial charge >= 0.3 is 0 Å². The van der Waals surface area contributed by atoms with Gasteiger partial charge in [-0.05, 0) is 32.3 Å². The van der Waals surface area contributed by atoms with E-state index < -0.39 is 0 Å². The molecule has 1 N–H and O–H groups in total. The Morgan fingerprint density at radius 3 is 2.62 bits per heavy atom. The Bertz CT molecular complexity index is 270. The summed E-state index contributed by atoms with van der Waals surface area (Å²) in [6.45, 7) is 0.401. The summed E-state index contributed by atoms with van der Waals surface area (Å²) >= 11 is 0. The molecule has 0 aliphatic carbocycles. The van der Waals surface area contributed by atoms with Crippen LogP contribution in [0.2, 0.25) is 0 Å². The molecule has 0 fully saturated rings. The highest BCUT2D eigenvalue weighted by Gasteiger charge is 2.01. The second kappa shape index (κ2) is 4.62. The zero-order valence-electron chi connectivity index (χ0n) is 7.87. The van der Waals surface area contributed by atoms with Crippen LogP contribution in [-0.2, 0) is 4.79 Å². The third-order valence-corrected chi connectivity index (χ3v) is 1.46. The fourth-order valence-electron chi connectivity index (χ4n) is 0.958. The number of benzene rings is 1. The van der Waals surface area contributed by atoms with Gasteiger partial charge in [0.05, 0.1) is 6.54 Å². The molecule has 0 heterocycles. The van der Waals surface area contributed by atoms with Gasteiger partial charge in [0.1, 0.15) is 0 Å². The van der Waals surface area contributed by atoms with E-state index in [0.29, 0.717) is 6.54 Å². The van der Waals surface area contributed by atoms with Gasteiger partial charge in [-0.2, -0.15) is 0 Å². The van der Waals surface area contributed by atoms with Gasteiger partial charge in [0, 0.05) is 5.69 Å². The number of hydrogen-bond acceptors (Lipinski definition) is 2. The molecule has 3 heteroatoms. The second-order valence-electron chi connectivity index (χ2n) is 3.07. The van der Waals surface area contributed by atoms with Gasteiger partial charge in [-0.25, -0.2) is 0 Å². The average molecular weight is 177 g/mol. The number of likely N-dealkylation sites (N-methyl/N-ethyl adjacent to an activating group) is 1. The Morgan fingerprint density at radius 2 is 2.08 bits per heavy atom. The maximum atomic E-state index is 11.3. The summed E-state index contributed by atoms with van der Waals surface area (Å²) in [5, 5.41) is 2.77. The van der Waals surface area contributed by atoms with Crippen molar-refractivity contribution in [3.05, 3.63) is 30.3 Å². The second-order valence-corrected chi connectivity index (χ2v) is 3.07. The van der Waals surface area contributed by atoms with Crippen LogP contribution in [0, 0.1) is 6.07 Å². The van der Waals surface area contributed by atoms with Crippen molar-refractivity contribution in [1.29, 1.82) is 0 Å². The van der Waals surface area contributed by atoms with Crippen molar-refractivity contribution in [2.24, 2.45) is 0 Å². The third kappa shape index (κ3) is 3.71. The summed E-state index contributed by atoms with van der Waals surface area (Å²) in [5.74, 6) is -0.00352. The predicted molar refractivity (Wildman–Crippen MR) is 52.5 cm³/mol. The van der Waals surface area contributed by atoms with Gasteiger partial charge in [-0.15, -0.1) is 0 Å². The summed E-state index contributed by atoms with van der Waals surface area (Å²) in [6.07, 6.45) is 0. The zero-order valence-corrected chi connectivity index (χ0v) is 7.87. The minimum atomic E-state index is -0.00352. The first-order valence-corrected chi connectivity index (χ1v) is 4.09. The molecule has 1 radical (unpaired) electrons. The van der Waals surface area contributed by atoms with Gasteiger partial charge in [-0.3, -0.25) is 4.79 Å². The largest absolute Gasteiger partial charge is 0.325 e. The molecule has 0 saturated carbocycles. The Kier molecular flexibility index (Phi) is 3.46. The molecular weight excluding hydrogens is 164 g/mol. The van der Waals surface area contributed by atoms with Crippen molar-refractivity contribution in [3.63, 3.8) is 0 Å². The number of carbonyl (C=O) groups is 1. The fraction of sp³-hybridized carbons (Fsp3) is 0.300. The first-order valence-electron chi connectivity index (χ1n) is 4.09. The van der Waals surface area contributed by atoms with Gasteiger partial charge in [-0.1, -0.05) is 12.1 Å². The lowest BCUT2D eigenvalue weighted by Gasteiger charge is -2.09. The Morgan fingerprint density at radius 1 is 1.46 bits per heavy atom. The molecular formula is C10H13N2O. The molecule has 0 atom stereocenters. The monoisotopic (exact) mass is 177 g/mol. The first kappa shape index (κ1) is 9.74. The molecule has 0 aliphatic heterocycles. The highest BCUT2D eigenvalue weighted by Crippen LogP contribution is 2.03. The zero-order chi connectivity index (χ0) is 9.68. The maximum Gasteiger partial charge on any atom is 0.238 e. The summed E-state index contributed by atoms with van der Waals surface area (Å²) in [6, 6.07) is 10.0. The van der Waals surface area contributed by atoms with Gasteiger partial charge in [0.15, 0.2) is 0 Å². The number of amides is 1. The van der Waals surface area contributed by atoms with E-state index in [1.165, 1.54) is 0 Å². The number of hydrogen-bond donors (Lipinski definition) is 1. The Hall–Kier alpha value is -1.35. The highest BCUT2D eigenvalue weighted by molar-refractivity contribution is 5.92. The van der Waals surface area contributed by atoms with E-state index in [-0.39, 0.29) is 5.91 Å². The molecule has 0 aliphatic rings.